The van der Waals surface area contributed by atoms with Gasteiger partial charge >= 0.3 is 0 Å². The molecule has 214 valence electrons. The number of aromatic hydroxyl groups is 1. The Labute approximate surface area is 240 Å². The van der Waals surface area contributed by atoms with E-state index in [1.54, 1.807) is 6.07 Å². The number of amides is 1. The summed E-state index contributed by atoms with van der Waals surface area (Å²) >= 11 is 0. The Morgan fingerprint density at radius 2 is 1.46 bits per heavy atom. The van der Waals surface area contributed by atoms with E-state index in [1.165, 1.54) is 12.1 Å². The van der Waals surface area contributed by atoms with Crippen molar-refractivity contribution in [1.29, 1.82) is 0 Å². The number of carbonyl (C=O) groups is 1. The Kier molecular flexibility index (Phi) is 10.6. The van der Waals surface area contributed by atoms with E-state index in [0.717, 1.165) is 22.4 Å². The fourth-order valence-electron chi connectivity index (χ4n) is 4.29. The molecule has 0 bridgehead atoms. The maximum Gasteiger partial charge on any atom is 0.252 e. The molecular formula is C33H36N2O6. The number of phenols is 1. The Morgan fingerprint density at radius 3 is 2.20 bits per heavy atom. The van der Waals surface area contributed by atoms with Gasteiger partial charge in [-0.05, 0) is 59.2 Å². The highest BCUT2D eigenvalue weighted by Gasteiger charge is 2.14. The van der Waals surface area contributed by atoms with Gasteiger partial charge in [-0.15, -0.1) is 0 Å². The molecule has 41 heavy (non-hydrogen) atoms. The molecule has 2 unspecified atom stereocenters. The lowest BCUT2D eigenvalue weighted by atomic mass is 9.96. The van der Waals surface area contributed by atoms with E-state index in [9.17, 15) is 15.0 Å². The lowest BCUT2D eigenvalue weighted by Crippen LogP contribution is -2.31. The molecule has 0 aliphatic carbocycles. The third kappa shape index (κ3) is 8.99. The predicted octanol–water partition coefficient (Wildman–Crippen LogP) is 4.78. The fourth-order valence-corrected chi connectivity index (χ4v) is 4.29. The van der Waals surface area contributed by atoms with E-state index in [2.05, 4.69) is 12.2 Å². The van der Waals surface area contributed by atoms with Crippen LogP contribution in [-0.2, 0) is 13.2 Å². The second kappa shape index (κ2) is 14.7. The first-order valence-corrected chi connectivity index (χ1v) is 13.5. The monoisotopic (exact) mass is 556 g/mol. The minimum absolute atomic E-state index is 0.0205. The summed E-state index contributed by atoms with van der Waals surface area (Å²) in [5.41, 5.74) is 8.62. The number of carbonyl (C=O) groups excluding carboxylic acids is 1. The molecule has 0 radical (unpaired) electrons. The molecule has 4 aromatic rings. The summed E-state index contributed by atoms with van der Waals surface area (Å²) in [4.78, 5) is 11.5. The molecule has 0 heterocycles. The summed E-state index contributed by atoms with van der Waals surface area (Å²) in [6.45, 7) is 4.00. The van der Waals surface area contributed by atoms with Crippen molar-refractivity contribution >= 4 is 5.91 Å². The zero-order valence-corrected chi connectivity index (χ0v) is 23.0. The number of hydrogen-bond donors (Lipinski definition) is 4. The van der Waals surface area contributed by atoms with E-state index in [4.69, 9.17) is 19.9 Å². The highest BCUT2D eigenvalue weighted by Crippen LogP contribution is 2.25. The molecule has 4 rings (SSSR count). The summed E-state index contributed by atoms with van der Waals surface area (Å²) in [5, 5.41) is 23.5. The van der Waals surface area contributed by atoms with Crippen molar-refractivity contribution in [2.75, 3.05) is 19.8 Å². The second-order valence-corrected chi connectivity index (χ2v) is 9.80. The van der Waals surface area contributed by atoms with Crippen LogP contribution in [-0.4, -0.2) is 42.0 Å². The second-order valence-electron chi connectivity index (χ2n) is 9.80. The Hall–Kier alpha value is -4.53. The molecule has 8 heteroatoms. The van der Waals surface area contributed by atoms with Gasteiger partial charge in [0.15, 0.2) is 0 Å². The number of ether oxygens (including phenoxy) is 3. The third-order valence-electron chi connectivity index (χ3n) is 6.53. The average Bonchev–Trinajstić information content (AvgIpc) is 2.99. The standard InChI is InChI=1S/C33H36N2O6/c1-23(20-39-29-15-16-32(37)31(17-29)33(34)38)30-10-6-5-9-25(30)18-35-19-26(36)22-41-28-13-11-27(12-14-28)40-21-24-7-3-2-4-8-24/h2-17,23,26,35-37H,18-22H2,1H3,(H2,34,38). The Balaban J connectivity index is 1.20. The molecule has 0 aliphatic rings. The summed E-state index contributed by atoms with van der Waals surface area (Å²) in [5.74, 6) is 1.02. The molecule has 8 nitrogen and oxygen atoms in total. The van der Waals surface area contributed by atoms with Crippen LogP contribution in [0.3, 0.4) is 0 Å². The minimum atomic E-state index is -0.716. The van der Waals surface area contributed by atoms with Crippen LogP contribution in [0.5, 0.6) is 23.0 Å². The quantitative estimate of drug-likeness (QED) is 0.166. The topological polar surface area (TPSA) is 123 Å². The van der Waals surface area contributed by atoms with Crippen LogP contribution in [0.1, 0.15) is 39.9 Å². The SMILES string of the molecule is CC(COc1ccc(O)c(C(N)=O)c1)c1ccccc1CNCC(O)COc1ccc(OCc2ccccc2)cc1. The van der Waals surface area contributed by atoms with E-state index in [-0.39, 0.29) is 23.8 Å². The molecule has 0 fully saturated rings. The van der Waals surface area contributed by atoms with Gasteiger partial charge in [0.1, 0.15) is 42.3 Å². The van der Waals surface area contributed by atoms with E-state index in [0.29, 0.717) is 37.8 Å². The molecule has 1 amide bonds. The summed E-state index contributed by atoms with van der Waals surface area (Å²) in [6, 6.07) is 29.8. The highest BCUT2D eigenvalue weighted by molar-refractivity contribution is 5.95. The van der Waals surface area contributed by atoms with E-state index >= 15 is 0 Å². The maximum absolute atomic E-state index is 11.5. The van der Waals surface area contributed by atoms with Gasteiger partial charge in [0.05, 0.1) is 12.2 Å². The molecule has 0 aliphatic heterocycles. The maximum atomic E-state index is 11.5. The van der Waals surface area contributed by atoms with Crippen LogP contribution in [0, 0.1) is 0 Å². The molecule has 5 N–H and O–H groups in total. The van der Waals surface area contributed by atoms with Crippen molar-refractivity contribution in [1.82, 2.24) is 5.32 Å². The van der Waals surface area contributed by atoms with Gasteiger partial charge in [-0.2, -0.15) is 0 Å². The van der Waals surface area contributed by atoms with Gasteiger partial charge in [0.2, 0.25) is 0 Å². The lowest BCUT2D eigenvalue weighted by Gasteiger charge is -2.19. The van der Waals surface area contributed by atoms with Gasteiger partial charge in [0.25, 0.3) is 5.91 Å². The number of aliphatic hydroxyl groups is 1. The van der Waals surface area contributed by atoms with Crippen molar-refractivity contribution in [2.24, 2.45) is 5.73 Å². The zero-order valence-electron chi connectivity index (χ0n) is 23.0. The van der Waals surface area contributed by atoms with Crippen molar-refractivity contribution < 1.29 is 29.2 Å². The van der Waals surface area contributed by atoms with Gasteiger partial charge in [-0.1, -0.05) is 61.5 Å². The lowest BCUT2D eigenvalue weighted by molar-refractivity contribution is 0.0997. The van der Waals surface area contributed by atoms with Crippen molar-refractivity contribution in [3.8, 4) is 23.0 Å². The van der Waals surface area contributed by atoms with Crippen LogP contribution in [0.2, 0.25) is 0 Å². The number of nitrogens with two attached hydrogens (primary N) is 1. The molecule has 0 saturated carbocycles. The summed E-state index contributed by atoms with van der Waals surface area (Å²) in [7, 11) is 0. The zero-order chi connectivity index (χ0) is 29.0. The van der Waals surface area contributed by atoms with Crippen LogP contribution in [0.4, 0.5) is 0 Å². The van der Waals surface area contributed by atoms with Crippen molar-refractivity contribution in [3.63, 3.8) is 0 Å². The van der Waals surface area contributed by atoms with Gasteiger partial charge in [0, 0.05) is 19.0 Å². The van der Waals surface area contributed by atoms with Gasteiger partial charge < -0.3 is 35.5 Å². The minimum Gasteiger partial charge on any atom is -0.507 e. The number of primary amides is 1. The largest absolute Gasteiger partial charge is 0.507 e. The molecule has 4 aromatic carbocycles. The Bertz CT molecular complexity index is 1390. The molecular weight excluding hydrogens is 520 g/mol. The summed E-state index contributed by atoms with van der Waals surface area (Å²) in [6.07, 6.45) is -0.689. The number of hydrogen-bond acceptors (Lipinski definition) is 7. The van der Waals surface area contributed by atoms with Crippen LogP contribution in [0.25, 0.3) is 0 Å². The normalized spacial score (nSPS) is 12.3. The van der Waals surface area contributed by atoms with Crippen molar-refractivity contribution in [3.05, 3.63) is 119 Å². The number of rotatable bonds is 15. The highest BCUT2D eigenvalue weighted by atomic mass is 16.5. The van der Waals surface area contributed by atoms with Crippen LogP contribution < -0.4 is 25.3 Å². The molecule has 0 spiro atoms. The number of benzene rings is 4. The predicted molar refractivity (Wildman–Crippen MR) is 157 cm³/mol. The summed E-state index contributed by atoms with van der Waals surface area (Å²) < 4.78 is 17.4. The van der Waals surface area contributed by atoms with E-state index in [1.807, 2.05) is 78.9 Å². The molecule has 2 atom stereocenters. The van der Waals surface area contributed by atoms with Crippen LogP contribution in [0.15, 0.2) is 97.1 Å². The van der Waals surface area contributed by atoms with Gasteiger partial charge in [-0.25, -0.2) is 0 Å². The first kappa shape index (κ1) is 29.5. The molecule has 0 aromatic heterocycles. The first-order chi connectivity index (χ1) is 19.9. The average molecular weight is 557 g/mol. The van der Waals surface area contributed by atoms with Gasteiger partial charge in [-0.3, -0.25) is 4.79 Å². The Morgan fingerprint density at radius 1 is 0.829 bits per heavy atom. The van der Waals surface area contributed by atoms with E-state index < -0.39 is 12.0 Å². The number of nitrogens with one attached hydrogen (secondary N) is 1. The smallest absolute Gasteiger partial charge is 0.252 e. The van der Waals surface area contributed by atoms with Crippen LogP contribution >= 0.6 is 0 Å². The fraction of sp³-hybridized carbons (Fsp3) is 0.242. The molecule has 0 saturated heterocycles. The third-order valence-corrected chi connectivity index (χ3v) is 6.53. The first-order valence-electron chi connectivity index (χ1n) is 13.5. The van der Waals surface area contributed by atoms with Crippen molar-refractivity contribution in [2.45, 2.75) is 32.1 Å². The number of aliphatic hydroxyl groups excluding tert-OH is 1.